The molecule has 94 valence electrons. The lowest BCUT2D eigenvalue weighted by Crippen LogP contribution is -2.42. The van der Waals surface area contributed by atoms with Crippen LogP contribution in [-0.4, -0.2) is 30.4 Å². The summed E-state index contributed by atoms with van der Waals surface area (Å²) in [6.07, 6.45) is 1.94. The lowest BCUT2D eigenvalue weighted by atomic mass is 9.92. The molecule has 0 aromatic carbocycles. The average Bonchev–Trinajstić information content (AvgIpc) is 2.80. The fourth-order valence-corrected chi connectivity index (χ4v) is 3.14. The maximum Gasteiger partial charge on any atom is 0.225 e. The van der Waals surface area contributed by atoms with Crippen molar-refractivity contribution in [2.24, 2.45) is 5.92 Å². The van der Waals surface area contributed by atoms with E-state index in [2.05, 4.69) is 23.7 Å². The number of carbonyl (C=O) groups excluding carboxylic acids is 1. The number of piperidine rings is 1. The summed E-state index contributed by atoms with van der Waals surface area (Å²) in [4.78, 5) is 15.4. The smallest absolute Gasteiger partial charge is 0.225 e. The van der Waals surface area contributed by atoms with Crippen molar-refractivity contribution in [3.05, 3.63) is 22.4 Å². The van der Waals surface area contributed by atoms with Gasteiger partial charge in [-0.25, -0.2) is 0 Å². The molecular weight excluding hydrogens is 232 g/mol. The number of amides is 1. The van der Waals surface area contributed by atoms with E-state index >= 15 is 0 Å². The summed E-state index contributed by atoms with van der Waals surface area (Å²) < 4.78 is 0. The Hall–Kier alpha value is -0.870. The fourth-order valence-electron chi connectivity index (χ4n) is 2.38. The van der Waals surface area contributed by atoms with Crippen LogP contribution in [0.3, 0.4) is 0 Å². The zero-order valence-corrected chi connectivity index (χ0v) is 11.3. The summed E-state index contributed by atoms with van der Waals surface area (Å²) in [7, 11) is 1.91. The number of thiophene rings is 1. The number of carbonyl (C=O) groups is 1. The Morgan fingerprint density at radius 3 is 3.12 bits per heavy atom. The minimum atomic E-state index is 0.205. The summed E-state index contributed by atoms with van der Waals surface area (Å²) >= 11 is 1.71. The predicted molar refractivity (Wildman–Crippen MR) is 71.0 cm³/mol. The SMILES string of the molecule is CC1CC(C(=O)N(C)Cc2cccs2)CCN1. The van der Waals surface area contributed by atoms with Crippen LogP contribution >= 0.6 is 11.3 Å². The van der Waals surface area contributed by atoms with Gasteiger partial charge in [0.2, 0.25) is 5.91 Å². The summed E-state index contributed by atoms with van der Waals surface area (Å²) in [6, 6.07) is 4.58. The van der Waals surface area contributed by atoms with Gasteiger partial charge in [0.05, 0.1) is 6.54 Å². The van der Waals surface area contributed by atoms with Gasteiger partial charge < -0.3 is 10.2 Å². The highest BCUT2D eigenvalue weighted by molar-refractivity contribution is 7.09. The monoisotopic (exact) mass is 252 g/mol. The highest BCUT2D eigenvalue weighted by Crippen LogP contribution is 2.20. The summed E-state index contributed by atoms with van der Waals surface area (Å²) in [5, 5.41) is 5.44. The minimum absolute atomic E-state index is 0.205. The van der Waals surface area contributed by atoms with Gasteiger partial charge in [0.25, 0.3) is 0 Å². The van der Waals surface area contributed by atoms with Crippen LogP contribution in [0.15, 0.2) is 17.5 Å². The standard InChI is InChI=1S/C13H20N2OS/c1-10-8-11(5-6-14-10)13(16)15(2)9-12-4-3-7-17-12/h3-4,7,10-11,14H,5-6,8-9H2,1-2H3. The molecule has 0 radical (unpaired) electrons. The van der Waals surface area contributed by atoms with E-state index < -0.39 is 0 Å². The molecule has 3 nitrogen and oxygen atoms in total. The molecule has 0 spiro atoms. The van der Waals surface area contributed by atoms with Gasteiger partial charge in [0.1, 0.15) is 0 Å². The van der Waals surface area contributed by atoms with E-state index in [1.54, 1.807) is 11.3 Å². The molecule has 2 atom stereocenters. The van der Waals surface area contributed by atoms with Gasteiger partial charge in [-0.1, -0.05) is 6.07 Å². The number of hydrogen-bond donors (Lipinski definition) is 1. The highest BCUT2D eigenvalue weighted by atomic mass is 32.1. The van der Waals surface area contributed by atoms with Crippen LogP contribution in [0.4, 0.5) is 0 Å². The van der Waals surface area contributed by atoms with Gasteiger partial charge in [-0.15, -0.1) is 11.3 Å². The third kappa shape index (κ3) is 3.30. The molecule has 0 saturated carbocycles. The van der Waals surface area contributed by atoms with Gasteiger partial charge in [-0.3, -0.25) is 4.79 Å². The van der Waals surface area contributed by atoms with Gasteiger partial charge in [0.15, 0.2) is 0 Å². The van der Waals surface area contributed by atoms with Crippen molar-refractivity contribution < 1.29 is 4.79 Å². The molecule has 4 heteroatoms. The molecule has 1 amide bonds. The van der Waals surface area contributed by atoms with Crippen LogP contribution in [0.2, 0.25) is 0 Å². The number of nitrogens with zero attached hydrogens (tertiary/aromatic N) is 1. The molecule has 1 saturated heterocycles. The molecule has 1 aliphatic rings. The molecule has 2 heterocycles. The van der Waals surface area contributed by atoms with E-state index in [4.69, 9.17) is 0 Å². The van der Waals surface area contributed by atoms with Crippen molar-refractivity contribution in [1.82, 2.24) is 10.2 Å². The molecule has 2 rings (SSSR count). The number of rotatable bonds is 3. The molecular formula is C13H20N2OS. The Balaban J connectivity index is 1.90. The molecule has 1 aliphatic heterocycles. The van der Waals surface area contributed by atoms with Gasteiger partial charge >= 0.3 is 0 Å². The van der Waals surface area contributed by atoms with Crippen LogP contribution in [0.5, 0.6) is 0 Å². The summed E-state index contributed by atoms with van der Waals surface area (Å²) in [5.41, 5.74) is 0. The second kappa shape index (κ2) is 5.65. The van der Waals surface area contributed by atoms with Crippen molar-refractivity contribution >= 4 is 17.2 Å². The molecule has 0 bridgehead atoms. The lowest BCUT2D eigenvalue weighted by molar-refractivity contribution is -0.135. The van der Waals surface area contributed by atoms with Crippen LogP contribution < -0.4 is 5.32 Å². The Morgan fingerprint density at radius 1 is 1.65 bits per heavy atom. The second-order valence-corrected chi connectivity index (χ2v) is 5.88. The first kappa shape index (κ1) is 12.6. The summed E-state index contributed by atoms with van der Waals surface area (Å²) in [6.45, 7) is 3.86. The first-order chi connectivity index (χ1) is 8.16. The predicted octanol–water partition coefficient (Wildman–Crippen LogP) is 2.09. The molecule has 1 aromatic heterocycles. The third-order valence-electron chi connectivity index (χ3n) is 3.32. The van der Waals surface area contributed by atoms with Crippen molar-refractivity contribution in [3.8, 4) is 0 Å². The molecule has 1 aromatic rings. The van der Waals surface area contributed by atoms with Crippen LogP contribution in [-0.2, 0) is 11.3 Å². The highest BCUT2D eigenvalue weighted by Gasteiger charge is 2.26. The lowest BCUT2D eigenvalue weighted by Gasteiger charge is -2.30. The largest absolute Gasteiger partial charge is 0.340 e. The topological polar surface area (TPSA) is 32.3 Å². The first-order valence-electron chi connectivity index (χ1n) is 6.17. The van der Waals surface area contributed by atoms with Crippen molar-refractivity contribution in [3.63, 3.8) is 0 Å². The Labute approximate surface area is 107 Å². The molecule has 17 heavy (non-hydrogen) atoms. The molecule has 0 aliphatic carbocycles. The van der Waals surface area contributed by atoms with Crippen LogP contribution in [0.25, 0.3) is 0 Å². The third-order valence-corrected chi connectivity index (χ3v) is 4.18. The first-order valence-corrected chi connectivity index (χ1v) is 7.05. The van der Waals surface area contributed by atoms with Gasteiger partial charge in [-0.05, 0) is 37.8 Å². The Kier molecular flexibility index (Phi) is 4.18. The fraction of sp³-hybridized carbons (Fsp3) is 0.615. The van der Waals surface area contributed by atoms with Crippen LogP contribution in [0, 0.1) is 5.92 Å². The quantitative estimate of drug-likeness (QED) is 0.893. The molecule has 1 N–H and O–H groups in total. The van der Waals surface area contributed by atoms with Gasteiger partial charge in [0, 0.05) is 23.9 Å². The Bertz CT molecular complexity index is 364. The molecule has 1 fully saturated rings. The molecule has 2 unspecified atom stereocenters. The normalized spacial score (nSPS) is 24.6. The van der Waals surface area contributed by atoms with Crippen molar-refractivity contribution in [2.75, 3.05) is 13.6 Å². The Morgan fingerprint density at radius 2 is 2.47 bits per heavy atom. The van der Waals surface area contributed by atoms with Crippen molar-refractivity contribution in [2.45, 2.75) is 32.4 Å². The summed E-state index contributed by atoms with van der Waals surface area (Å²) in [5.74, 6) is 0.503. The van der Waals surface area contributed by atoms with E-state index in [0.29, 0.717) is 11.9 Å². The maximum atomic E-state index is 12.3. The average molecular weight is 252 g/mol. The van der Waals surface area contributed by atoms with E-state index in [0.717, 1.165) is 25.9 Å². The second-order valence-electron chi connectivity index (χ2n) is 4.85. The number of hydrogen-bond acceptors (Lipinski definition) is 3. The van der Waals surface area contributed by atoms with E-state index in [9.17, 15) is 4.79 Å². The van der Waals surface area contributed by atoms with Gasteiger partial charge in [-0.2, -0.15) is 0 Å². The van der Waals surface area contributed by atoms with E-state index in [1.807, 2.05) is 18.0 Å². The zero-order chi connectivity index (χ0) is 12.3. The number of nitrogens with one attached hydrogen (secondary N) is 1. The van der Waals surface area contributed by atoms with Crippen molar-refractivity contribution in [1.29, 1.82) is 0 Å². The van der Waals surface area contributed by atoms with E-state index in [1.165, 1.54) is 4.88 Å². The minimum Gasteiger partial charge on any atom is -0.340 e. The zero-order valence-electron chi connectivity index (χ0n) is 10.5. The maximum absolute atomic E-state index is 12.3. The van der Waals surface area contributed by atoms with Crippen LogP contribution in [0.1, 0.15) is 24.6 Å². The van der Waals surface area contributed by atoms with E-state index in [-0.39, 0.29) is 5.92 Å².